The smallest absolute Gasteiger partial charge is 0.150 e. The molecule has 0 bridgehead atoms. The molecule has 2 fully saturated rings. The lowest BCUT2D eigenvalue weighted by molar-refractivity contribution is 0.0516. The summed E-state index contributed by atoms with van der Waals surface area (Å²) in [6.45, 7) is 11.6. The molecule has 2 rings (SSSR count). The van der Waals surface area contributed by atoms with E-state index in [0.29, 0.717) is 17.8 Å². The largest absolute Gasteiger partial charge is 0.311 e. The third kappa shape index (κ3) is 4.93. The fourth-order valence-corrected chi connectivity index (χ4v) is 4.24. The Kier molecular flexibility index (Phi) is 5.37. The number of sulfone groups is 1. The molecule has 2 aliphatic rings. The number of hydrogen-bond acceptors (Lipinski definition) is 4. The second kappa shape index (κ2) is 6.55. The van der Waals surface area contributed by atoms with Crippen molar-refractivity contribution < 1.29 is 8.42 Å². The van der Waals surface area contributed by atoms with Crippen molar-refractivity contribution in [1.82, 2.24) is 10.2 Å². The molecule has 5 heteroatoms. The zero-order valence-corrected chi connectivity index (χ0v) is 14.9. The number of hydrogen-bond donors (Lipinski definition) is 1. The Labute approximate surface area is 130 Å². The van der Waals surface area contributed by atoms with E-state index in [1.807, 2.05) is 0 Å². The molecule has 0 aromatic rings. The Bertz CT molecular complexity index is 438. The van der Waals surface area contributed by atoms with Crippen molar-refractivity contribution in [3.63, 3.8) is 0 Å². The van der Waals surface area contributed by atoms with Crippen LogP contribution in [-0.4, -0.2) is 56.5 Å². The van der Waals surface area contributed by atoms with Gasteiger partial charge in [0.25, 0.3) is 0 Å². The van der Waals surface area contributed by atoms with Gasteiger partial charge in [-0.15, -0.1) is 0 Å². The Hall–Kier alpha value is -0.130. The fourth-order valence-electron chi connectivity index (χ4n) is 3.38. The summed E-state index contributed by atoms with van der Waals surface area (Å²) in [5.41, 5.74) is 0.227. The van der Waals surface area contributed by atoms with Crippen LogP contribution in [0.15, 0.2) is 0 Å². The molecule has 1 aliphatic heterocycles. The van der Waals surface area contributed by atoms with Crippen LogP contribution < -0.4 is 5.32 Å². The van der Waals surface area contributed by atoms with Crippen LogP contribution in [0.3, 0.4) is 0 Å². The summed E-state index contributed by atoms with van der Waals surface area (Å²) in [4.78, 5) is 2.55. The molecule has 1 heterocycles. The summed E-state index contributed by atoms with van der Waals surface area (Å²) in [6.07, 6.45) is 3.48. The van der Waals surface area contributed by atoms with Gasteiger partial charge in [-0.1, -0.05) is 27.7 Å². The van der Waals surface area contributed by atoms with Gasteiger partial charge in [-0.2, -0.15) is 0 Å². The Balaban J connectivity index is 1.93. The maximum absolute atomic E-state index is 11.7. The van der Waals surface area contributed by atoms with E-state index in [1.54, 1.807) is 6.92 Å². The quantitative estimate of drug-likeness (QED) is 0.813. The van der Waals surface area contributed by atoms with E-state index in [4.69, 9.17) is 0 Å². The second-order valence-corrected chi connectivity index (χ2v) is 10.3. The van der Waals surface area contributed by atoms with Gasteiger partial charge in [0.05, 0.1) is 5.75 Å². The molecule has 21 heavy (non-hydrogen) atoms. The van der Waals surface area contributed by atoms with Gasteiger partial charge in [-0.05, 0) is 37.1 Å². The van der Waals surface area contributed by atoms with E-state index in [9.17, 15) is 8.42 Å². The molecule has 4 nitrogen and oxygen atoms in total. The summed E-state index contributed by atoms with van der Waals surface area (Å²) < 4.78 is 23.3. The lowest BCUT2D eigenvalue weighted by atomic mass is 9.83. The molecule has 1 saturated carbocycles. The van der Waals surface area contributed by atoms with Gasteiger partial charge in [0.15, 0.2) is 0 Å². The van der Waals surface area contributed by atoms with Crippen molar-refractivity contribution in [3.8, 4) is 0 Å². The Morgan fingerprint density at radius 3 is 2.43 bits per heavy atom. The lowest BCUT2D eigenvalue weighted by Crippen LogP contribution is -2.61. The van der Waals surface area contributed by atoms with Crippen LogP contribution >= 0.6 is 0 Å². The van der Waals surface area contributed by atoms with E-state index in [-0.39, 0.29) is 11.2 Å². The third-order valence-corrected chi connectivity index (χ3v) is 6.77. The highest BCUT2D eigenvalue weighted by Gasteiger charge is 2.40. The van der Waals surface area contributed by atoms with Crippen molar-refractivity contribution in [3.05, 3.63) is 0 Å². The average Bonchev–Trinajstić information content (AvgIpc) is 3.21. The van der Waals surface area contributed by atoms with Crippen molar-refractivity contribution in [2.24, 2.45) is 11.3 Å². The van der Waals surface area contributed by atoms with E-state index < -0.39 is 9.84 Å². The van der Waals surface area contributed by atoms with E-state index >= 15 is 0 Å². The molecule has 0 aromatic heterocycles. The zero-order valence-electron chi connectivity index (χ0n) is 14.1. The van der Waals surface area contributed by atoms with Gasteiger partial charge in [0.1, 0.15) is 9.84 Å². The fraction of sp³-hybridized carbons (Fsp3) is 1.00. The number of piperazine rings is 1. The van der Waals surface area contributed by atoms with Crippen molar-refractivity contribution in [1.29, 1.82) is 0 Å². The van der Waals surface area contributed by atoms with Gasteiger partial charge >= 0.3 is 0 Å². The van der Waals surface area contributed by atoms with Crippen LogP contribution in [0, 0.1) is 11.3 Å². The highest BCUT2D eigenvalue weighted by Crippen LogP contribution is 2.36. The predicted molar refractivity (Wildman–Crippen MR) is 88.3 cm³/mol. The average molecular weight is 317 g/mol. The maximum Gasteiger partial charge on any atom is 0.150 e. The van der Waals surface area contributed by atoms with E-state index in [0.717, 1.165) is 32.0 Å². The Morgan fingerprint density at radius 2 is 1.90 bits per heavy atom. The molecule has 0 radical (unpaired) electrons. The first-order valence-corrected chi connectivity index (χ1v) is 10.2. The Morgan fingerprint density at radius 1 is 1.24 bits per heavy atom. The highest BCUT2D eigenvalue weighted by atomic mass is 32.2. The molecule has 1 saturated heterocycles. The van der Waals surface area contributed by atoms with Crippen molar-refractivity contribution >= 4 is 9.84 Å². The monoisotopic (exact) mass is 316 g/mol. The molecule has 0 amide bonds. The molecule has 2 atom stereocenters. The SMILES string of the molecule is CCS(=O)(=O)CCCN1CC(C2CC2)NCC1C(C)(C)C. The van der Waals surface area contributed by atoms with E-state index in [1.165, 1.54) is 12.8 Å². The second-order valence-electron chi connectivity index (χ2n) is 7.82. The van der Waals surface area contributed by atoms with Crippen molar-refractivity contribution in [2.75, 3.05) is 31.1 Å². The van der Waals surface area contributed by atoms with Crippen molar-refractivity contribution in [2.45, 2.75) is 59.0 Å². The summed E-state index contributed by atoms with van der Waals surface area (Å²) >= 11 is 0. The van der Waals surface area contributed by atoms with Gasteiger partial charge in [-0.3, -0.25) is 4.90 Å². The minimum Gasteiger partial charge on any atom is -0.311 e. The van der Waals surface area contributed by atoms with Crippen LogP contribution in [0.2, 0.25) is 0 Å². The molecule has 2 unspecified atom stereocenters. The van der Waals surface area contributed by atoms with Gasteiger partial charge < -0.3 is 5.32 Å². The van der Waals surface area contributed by atoms with Gasteiger partial charge in [-0.25, -0.2) is 8.42 Å². The van der Waals surface area contributed by atoms with Crippen LogP contribution in [0.25, 0.3) is 0 Å². The van der Waals surface area contributed by atoms with Crippen LogP contribution in [0.5, 0.6) is 0 Å². The zero-order chi connectivity index (χ0) is 15.7. The highest BCUT2D eigenvalue weighted by molar-refractivity contribution is 7.91. The molecule has 124 valence electrons. The number of nitrogens with one attached hydrogen (secondary N) is 1. The predicted octanol–water partition coefficient (Wildman–Crippen LogP) is 1.91. The van der Waals surface area contributed by atoms with Crippen LogP contribution in [-0.2, 0) is 9.84 Å². The molecule has 0 spiro atoms. The first-order chi connectivity index (χ1) is 9.73. The standard InChI is InChI=1S/C16H32N2O2S/c1-5-21(19,20)10-6-9-18-12-14(13-7-8-13)17-11-15(18)16(2,3)4/h13-15,17H,5-12H2,1-4H3. The molecular formula is C16H32N2O2S. The summed E-state index contributed by atoms with van der Waals surface area (Å²) in [5.74, 6) is 1.45. The third-order valence-electron chi connectivity index (χ3n) is 4.98. The number of rotatable bonds is 6. The van der Waals surface area contributed by atoms with Crippen LogP contribution in [0.4, 0.5) is 0 Å². The summed E-state index contributed by atoms with van der Waals surface area (Å²) in [7, 11) is -2.83. The molecule has 1 aliphatic carbocycles. The normalized spacial score (nSPS) is 28.8. The summed E-state index contributed by atoms with van der Waals surface area (Å²) in [5, 5.41) is 3.73. The minimum absolute atomic E-state index is 0.227. The first-order valence-electron chi connectivity index (χ1n) is 8.41. The lowest BCUT2D eigenvalue weighted by Gasteiger charge is -2.46. The van der Waals surface area contributed by atoms with E-state index in [2.05, 4.69) is 31.0 Å². The molecular weight excluding hydrogens is 284 g/mol. The van der Waals surface area contributed by atoms with Gasteiger partial charge in [0.2, 0.25) is 0 Å². The minimum atomic E-state index is -2.83. The summed E-state index contributed by atoms with van der Waals surface area (Å²) in [6, 6.07) is 1.11. The number of nitrogens with zero attached hydrogens (tertiary/aromatic N) is 1. The van der Waals surface area contributed by atoms with Crippen LogP contribution in [0.1, 0.15) is 47.0 Å². The molecule has 1 N–H and O–H groups in total. The topological polar surface area (TPSA) is 49.4 Å². The van der Waals surface area contributed by atoms with Gasteiger partial charge in [0, 0.05) is 30.9 Å². The maximum atomic E-state index is 11.7. The molecule has 0 aromatic carbocycles. The first kappa shape index (κ1) is 17.2.